The van der Waals surface area contributed by atoms with Crippen LogP contribution < -0.4 is 0 Å². The fourth-order valence-electron chi connectivity index (χ4n) is 3.25. The predicted octanol–water partition coefficient (Wildman–Crippen LogP) is 1.33. The van der Waals surface area contributed by atoms with E-state index < -0.39 is 17.7 Å². The maximum Gasteiger partial charge on any atom is 0.198 e. The van der Waals surface area contributed by atoms with Crippen LogP contribution in [0.5, 0.6) is 0 Å². The van der Waals surface area contributed by atoms with Gasteiger partial charge in [-0.3, -0.25) is 4.79 Å². The molecule has 0 amide bonds. The number of ketones is 1. The molecule has 5 heteroatoms. The average Bonchev–Trinajstić information content (AvgIpc) is 2.46. The van der Waals surface area contributed by atoms with E-state index in [0.29, 0.717) is 6.42 Å². The minimum absolute atomic E-state index is 0.0482. The fourth-order valence-corrected chi connectivity index (χ4v) is 4.21. The quantitative estimate of drug-likeness (QED) is 0.617. The maximum atomic E-state index is 12.2. The van der Waals surface area contributed by atoms with E-state index in [9.17, 15) is 9.90 Å². The van der Waals surface area contributed by atoms with Crippen molar-refractivity contribution in [2.75, 3.05) is 11.5 Å². The zero-order valence-corrected chi connectivity index (χ0v) is 11.2. The first-order valence-electron chi connectivity index (χ1n) is 6.28. The molecule has 1 aliphatic carbocycles. The molecule has 18 heavy (non-hydrogen) atoms. The van der Waals surface area contributed by atoms with Crippen LogP contribution in [0.1, 0.15) is 19.8 Å². The van der Waals surface area contributed by atoms with Gasteiger partial charge in [-0.05, 0) is 6.92 Å². The van der Waals surface area contributed by atoms with E-state index in [1.165, 1.54) is 0 Å². The summed E-state index contributed by atoms with van der Waals surface area (Å²) in [6.45, 7) is 5.46. The van der Waals surface area contributed by atoms with Crippen molar-refractivity contribution < 1.29 is 19.4 Å². The third-order valence-corrected chi connectivity index (χ3v) is 5.44. The van der Waals surface area contributed by atoms with Gasteiger partial charge in [0.25, 0.3) is 0 Å². The van der Waals surface area contributed by atoms with Gasteiger partial charge in [-0.25, -0.2) is 0 Å². The second kappa shape index (κ2) is 4.07. The molecule has 0 unspecified atom stereocenters. The first kappa shape index (κ1) is 12.7. The molecular weight excluding hydrogens is 252 g/mol. The van der Waals surface area contributed by atoms with E-state index in [1.54, 1.807) is 18.7 Å². The van der Waals surface area contributed by atoms with Crippen molar-refractivity contribution in [3.8, 4) is 0 Å². The molecule has 0 aromatic carbocycles. The highest BCUT2D eigenvalue weighted by Gasteiger charge is 2.69. The lowest BCUT2D eigenvalue weighted by atomic mass is 9.70. The summed E-state index contributed by atoms with van der Waals surface area (Å²) < 4.78 is 11.5. The van der Waals surface area contributed by atoms with E-state index in [-0.39, 0.29) is 24.0 Å². The van der Waals surface area contributed by atoms with E-state index in [1.807, 2.05) is 6.08 Å². The average molecular weight is 270 g/mol. The minimum atomic E-state index is -1.27. The largest absolute Gasteiger partial charge is 0.363 e. The lowest BCUT2D eigenvalue weighted by Gasteiger charge is -2.45. The van der Waals surface area contributed by atoms with Gasteiger partial charge in [-0.1, -0.05) is 6.08 Å². The summed E-state index contributed by atoms with van der Waals surface area (Å²) in [5.41, 5.74) is -0.858. The Bertz CT molecular complexity index is 398. The Kier molecular flexibility index (Phi) is 2.86. The number of aliphatic hydroxyl groups is 1. The highest BCUT2D eigenvalue weighted by Crippen LogP contribution is 2.56. The summed E-state index contributed by atoms with van der Waals surface area (Å²) >= 11 is 1.72. The number of hydrogen-bond acceptors (Lipinski definition) is 5. The van der Waals surface area contributed by atoms with Crippen LogP contribution in [0.15, 0.2) is 12.7 Å². The molecule has 0 radical (unpaired) electrons. The van der Waals surface area contributed by atoms with Crippen molar-refractivity contribution in [3.05, 3.63) is 12.7 Å². The zero-order chi connectivity index (χ0) is 13.0. The highest BCUT2D eigenvalue weighted by atomic mass is 32.2. The normalized spacial score (nSPS) is 49.7. The Morgan fingerprint density at radius 1 is 1.61 bits per heavy atom. The third-order valence-electron chi connectivity index (χ3n) is 4.35. The van der Waals surface area contributed by atoms with E-state index >= 15 is 0 Å². The summed E-state index contributed by atoms with van der Waals surface area (Å²) in [5, 5.41) is 10.5. The molecule has 0 aromatic heterocycles. The zero-order valence-electron chi connectivity index (χ0n) is 10.4. The summed E-state index contributed by atoms with van der Waals surface area (Å²) in [6.07, 6.45) is 2.04. The van der Waals surface area contributed by atoms with Crippen LogP contribution in [0, 0.1) is 11.8 Å². The number of rotatable bonds is 4. The van der Waals surface area contributed by atoms with Crippen LogP contribution in [0.3, 0.4) is 0 Å². The van der Waals surface area contributed by atoms with Crippen molar-refractivity contribution in [1.82, 2.24) is 0 Å². The summed E-state index contributed by atoms with van der Waals surface area (Å²) in [7, 11) is 0. The highest BCUT2D eigenvalue weighted by molar-refractivity contribution is 7.99. The molecule has 1 saturated carbocycles. The molecule has 0 aromatic rings. The number of fused-ring (bicyclic) bond motifs is 2. The van der Waals surface area contributed by atoms with Gasteiger partial charge in [-0.2, -0.15) is 11.8 Å². The molecule has 4 nitrogen and oxygen atoms in total. The molecule has 2 saturated heterocycles. The molecule has 1 N–H and O–H groups in total. The monoisotopic (exact) mass is 270 g/mol. The lowest BCUT2D eigenvalue weighted by Crippen LogP contribution is -2.59. The van der Waals surface area contributed by atoms with Crippen LogP contribution in [0.4, 0.5) is 0 Å². The van der Waals surface area contributed by atoms with Gasteiger partial charge in [0, 0.05) is 36.2 Å². The third kappa shape index (κ3) is 1.61. The molecule has 3 bridgehead atoms. The van der Waals surface area contributed by atoms with Gasteiger partial charge < -0.3 is 14.6 Å². The molecule has 100 valence electrons. The Hall–Kier alpha value is -0.360. The Morgan fingerprint density at radius 2 is 2.39 bits per heavy atom. The molecule has 0 spiro atoms. The van der Waals surface area contributed by atoms with Crippen LogP contribution in [0.2, 0.25) is 0 Å². The molecule has 5 atom stereocenters. The minimum Gasteiger partial charge on any atom is -0.363 e. The van der Waals surface area contributed by atoms with Gasteiger partial charge in [0.05, 0.1) is 0 Å². The van der Waals surface area contributed by atoms with Gasteiger partial charge in [-0.15, -0.1) is 6.58 Å². The lowest BCUT2D eigenvalue weighted by molar-refractivity contribution is -0.266. The van der Waals surface area contributed by atoms with Crippen LogP contribution in [0.25, 0.3) is 0 Å². The first-order valence-corrected chi connectivity index (χ1v) is 7.44. The number of hydrogen-bond donors (Lipinski definition) is 1. The van der Waals surface area contributed by atoms with Crippen molar-refractivity contribution in [2.45, 2.75) is 37.4 Å². The van der Waals surface area contributed by atoms with Crippen molar-refractivity contribution in [2.24, 2.45) is 11.8 Å². The smallest absolute Gasteiger partial charge is 0.198 e. The Labute approximate surface area is 111 Å². The standard InChI is InChI=1S/C13H18O4S/c1-3-4-18-7-9-8-5-13(15)12(2,6-10(8)14)16-11(9)17-13/h3,8-9,11,15H,1,4-7H2,2H3/t8-,9+,11+,12+,13-/m1/s1. The number of ether oxygens (including phenoxy) is 2. The van der Waals surface area contributed by atoms with E-state index in [2.05, 4.69) is 6.58 Å². The molecule has 3 rings (SSSR count). The number of carbonyl (C=O) groups excluding carboxylic acids is 1. The summed E-state index contributed by atoms with van der Waals surface area (Å²) in [4.78, 5) is 12.2. The van der Waals surface area contributed by atoms with Crippen LogP contribution in [-0.4, -0.2) is 40.1 Å². The van der Waals surface area contributed by atoms with Crippen molar-refractivity contribution in [1.29, 1.82) is 0 Å². The molecular formula is C13H18O4S. The molecule has 3 aliphatic rings. The topological polar surface area (TPSA) is 55.8 Å². The van der Waals surface area contributed by atoms with Gasteiger partial charge in [0.15, 0.2) is 12.1 Å². The molecule has 2 heterocycles. The number of carbonyl (C=O) groups is 1. The summed E-state index contributed by atoms with van der Waals surface area (Å²) in [6, 6.07) is 0. The summed E-state index contributed by atoms with van der Waals surface area (Å²) in [5.74, 6) is 0.520. The fraction of sp³-hybridized carbons (Fsp3) is 0.769. The van der Waals surface area contributed by atoms with Crippen molar-refractivity contribution >= 4 is 17.5 Å². The van der Waals surface area contributed by atoms with Gasteiger partial charge >= 0.3 is 0 Å². The van der Waals surface area contributed by atoms with Crippen LogP contribution in [-0.2, 0) is 14.3 Å². The second-order valence-electron chi connectivity index (χ2n) is 5.56. The first-order chi connectivity index (χ1) is 8.49. The Morgan fingerprint density at radius 3 is 3.11 bits per heavy atom. The predicted molar refractivity (Wildman–Crippen MR) is 68.1 cm³/mol. The number of thioether (sulfide) groups is 1. The maximum absolute atomic E-state index is 12.2. The SMILES string of the molecule is C=CCSC[C@@H]1[C@@H]2O[C@]3(O)C[C@H]1C(=O)C[C@]3(C)O2. The molecule has 3 fully saturated rings. The van der Waals surface area contributed by atoms with Crippen molar-refractivity contribution in [3.63, 3.8) is 0 Å². The molecule has 2 aliphatic heterocycles. The van der Waals surface area contributed by atoms with Gasteiger partial charge in [0.2, 0.25) is 0 Å². The Balaban J connectivity index is 1.83. The van der Waals surface area contributed by atoms with Gasteiger partial charge in [0.1, 0.15) is 11.4 Å². The van der Waals surface area contributed by atoms with E-state index in [4.69, 9.17) is 9.47 Å². The number of Topliss-reactive ketones (excluding diaryl/α,β-unsaturated/α-hetero) is 1. The van der Waals surface area contributed by atoms with E-state index in [0.717, 1.165) is 11.5 Å². The van der Waals surface area contributed by atoms with Crippen LogP contribution >= 0.6 is 11.8 Å². The second-order valence-corrected chi connectivity index (χ2v) is 6.64.